The van der Waals surface area contributed by atoms with Crippen molar-refractivity contribution in [2.24, 2.45) is 0 Å². The van der Waals surface area contributed by atoms with Crippen LogP contribution in [0.5, 0.6) is 0 Å². The van der Waals surface area contributed by atoms with Crippen LogP contribution in [0.15, 0.2) is 24.3 Å². The maximum absolute atomic E-state index is 12.9. The Morgan fingerprint density at radius 3 is 2.35 bits per heavy atom. The van der Waals surface area contributed by atoms with Crippen molar-refractivity contribution >= 4 is 5.97 Å². The van der Waals surface area contributed by atoms with Gasteiger partial charge in [0.15, 0.2) is 0 Å². The molecule has 92 valence electrons. The Hall–Kier alpha value is -1.42. The summed E-state index contributed by atoms with van der Waals surface area (Å²) >= 11 is 0. The smallest absolute Gasteiger partial charge is 0.328 e. The Morgan fingerprint density at radius 2 is 1.94 bits per heavy atom. The summed E-state index contributed by atoms with van der Waals surface area (Å²) in [5.74, 6) is -1.26. The predicted molar refractivity (Wildman–Crippen MR) is 62.2 cm³/mol. The number of rotatable bonds is 4. The van der Waals surface area contributed by atoms with Crippen LogP contribution in [-0.4, -0.2) is 29.1 Å². The number of aliphatic carboxylic acids is 1. The van der Waals surface area contributed by atoms with Crippen molar-refractivity contribution in [2.75, 3.05) is 7.05 Å². The van der Waals surface area contributed by atoms with Gasteiger partial charge < -0.3 is 5.11 Å². The Bertz CT molecular complexity index is 428. The quantitative estimate of drug-likeness (QED) is 0.873. The molecule has 4 heteroatoms. The maximum Gasteiger partial charge on any atom is 0.328 e. The normalized spacial score (nSPS) is 19.1. The summed E-state index contributed by atoms with van der Waals surface area (Å²) in [6.45, 7) is 1.67. The lowest BCUT2D eigenvalue weighted by Crippen LogP contribution is -2.48. The van der Waals surface area contributed by atoms with Crippen molar-refractivity contribution in [3.8, 4) is 0 Å². The van der Waals surface area contributed by atoms with E-state index >= 15 is 0 Å². The summed E-state index contributed by atoms with van der Waals surface area (Å²) < 4.78 is 12.9. The Morgan fingerprint density at radius 1 is 1.41 bits per heavy atom. The standard InChI is InChI=1S/C13H16FNO2/c1-13(12(16)17,15(2)11-7-8-11)9-3-5-10(14)6-4-9/h3-6,11H,7-8H2,1-2H3,(H,16,17). The van der Waals surface area contributed by atoms with Gasteiger partial charge in [0.2, 0.25) is 0 Å². The van der Waals surface area contributed by atoms with Crippen molar-refractivity contribution in [1.82, 2.24) is 4.90 Å². The van der Waals surface area contributed by atoms with E-state index in [9.17, 15) is 14.3 Å². The molecular weight excluding hydrogens is 221 g/mol. The molecule has 1 unspecified atom stereocenters. The van der Waals surface area contributed by atoms with Crippen LogP contribution in [-0.2, 0) is 10.3 Å². The number of hydrogen-bond acceptors (Lipinski definition) is 2. The molecule has 0 aliphatic heterocycles. The highest BCUT2D eigenvalue weighted by molar-refractivity contribution is 5.80. The van der Waals surface area contributed by atoms with Crippen LogP contribution in [0.1, 0.15) is 25.3 Å². The van der Waals surface area contributed by atoms with Crippen LogP contribution in [0.2, 0.25) is 0 Å². The molecule has 1 aliphatic rings. The van der Waals surface area contributed by atoms with Crippen molar-refractivity contribution < 1.29 is 14.3 Å². The minimum atomic E-state index is -1.09. The monoisotopic (exact) mass is 237 g/mol. The van der Waals surface area contributed by atoms with Gasteiger partial charge in [-0.05, 0) is 44.5 Å². The highest BCUT2D eigenvalue weighted by Crippen LogP contribution is 2.37. The Balaban J connectivity index is 2.39. The SMILES string of the molecule is CN(C1CC1)C(C)(C(=O)O)c1ccc(F)cc1. The lowest BCUT2D eigenvalue weighted by molar-refractivity contribution is -0.150. The third-order valence-corrected chi connectivity index (χ3v) is 3.62. The van der Waals surface area contributed by atoms with Gasteiger partial charge in [0.1, 0.15) is 11.4 Å². The molecule has 0 radical (unpaired) electrons. The zero-order valence-electron chi connectivity index (χ0n) is 9.98. The van der Waals surface area contributed by atoms with Gasteiger partial charge in [0.05, 0.1) is 0 Å². The minimum absolute atomic E-state index is 0.321. The van der Waals surface area contributed by atoms with Crippen molar-refractivity contribution in [3.05, 3.63) is 35.6 Å². The maximum atomic E-state index is 12.9. The molecule has 0 heterocycles. The molecule has 17 heavy (non-hydrogen) atoms. The summed E-state index contributed by atoms with van der Waals surface area (Å²) in [6.07, 6.45) is 2.06. The average Bonchev–Trinajstić information content (AvgIpc) is 3.11. The van der Waals surface area contributed by atoms with Crippen molar-refractivity contribution in [3.63, 3.8) is 0 Å². The predicted octanol–water partition coefficient (Wildman–Crippen LogP) is 2.22. The second-order valence-electron chi connectivity index (χ2n) is 4.73. The molecule has 1 fully saturated rings. The van der Waals surface area contributed by atoms with E-state index in [0.717, 1.165) is 12.8 Å². The lowest BCUT2D eigenvalue weighted by atomic mass is 9.90. The highest BCUT2D eigenvalue weighted by Gasteiger charge is 2.45. The number of likely N-dealkylation sites (N-methyl/N-ethyl adjacent to an activating group) is 1. The number of carboxylic acids is 1. The summed E-state index contributed by atoms with van der Waals surface area (Å²) in [5.41, 5.74) is -0.477. The van der Waals surface area contributed by atoms with Gasteiger partial charge in [-0.1, -0.05) is 12.1 Å². The van der Waals surface area contributed by atoms with Crippen LogP contribution in [0.4, 0.5) is 4.39 Å². The van der Waals surface area contributed by atoms with Crippen LogP contribution in [0.3, 0.4) is 0 Å². The molecule has 2 rings (SSSR count). The van der Waals surface area contributed by atoms with Crippen LogP contribution < -0.4 is 0 Å². The van der Waals surface area contributed by atoms with Crippen molar-refractivity contribution in [1.29, 1.82) is 0 Å². The van der Waals surface area contributed by atoms with Gasteiger partial charge in [-0.15, -0.1) is 0 Å². The molecule has 0 bridgehead atoms. The summed E-state index contributed by atoms with van der Waals surface area (Å²) in [6, 6.07) is 6.01. The topological polar surface area (TPSA) is 40.5 Å². The van der Waals surface area contributed by atoms with Crippen molar-refractivity contribution in [2.45, 2.75) is 31.3 Å². The molecule has 1 N–H and O–H groups in total. The second kappa shape index (κ2) is 4.11. The molecule has 0 saturated heterocycles. The molecule has 1 aromatic rings. The molecular formula is C13H16FNO2. The molecule has 0 spiro atoms. The largest absolute Gasteiger partial charge is 0.480 e. The van der Waals surface area contributed by atoms with Crippen LogP contribution in [0.25, 0.3) is 0 Å². The van der Waals surface area contributed by atoms with Gasteiger partial charge in [0.25, 0.3) is 0 Å². The van der Waals surface area contributed by atoms with E-state index in [4.69, 9.17) is 0 Å². The number of benzene rings is 1. The molecule has 1 atom stereocenters. The molecule has 0 amide bonds. The second-order valence-corrected chi connectivity index (χ2v) is 4.73. The molecule has 1 saturated carbocycles. The first kappa shape index (κ1) is 12.0. The third-order valence-electron chi connectivity index (χ3n) is 3.62. The summed E-state index contributed by atoms with van der Waals surface area (Å²) in [7, 11) is 1.81. The Kier molecular flexibility index (Phi) is 2.91. The fourth-order valence-electron chi connectivity index (χ4n) is 2.08. The molecule has 3 nitrogen and oxygen atoms in total. The fraction of sp³-hybridized carbons (Fsp3) is 0.462. The molecule has 1 aromatic carbocycles. The number of carbonyl (C=O) groups is 1. The van der Waals surface area contributed by atoms with Gasteiger partial charge in [-0.3, -0.25) is 4.90 Å². The van der Waals surface area contributed by atoms with E-state index in [-0.39, 0.29) is 5.82 Å². The van der Waals surface area contributed by atoms with E-state index in [1.165, 1.54) is 12.1 Å². The van der Waals surface area contributed by atoms with E-state index in [2.05, 4.69) is 0 Å². The van der Waals surface area contributed by atoms with Gasteiger partial charge >= 0.3 is 5.97 Å². The fourth-order valence-corrected chi connectivity index (χ4v) is 2.08. The number of halogens is 1. The van der Waals surface area contributed by atoms with Gasteiger partial charge in [-0.25, -0.2) is 9.18 Å². The number of nitrogens with zero attached hydrogens (tertiary/aromatic N) is 1. The lowest BCUT2D eigenvalue weighted by Gasteiger charge is -2.35. The third kappa shape index (κ3) is 2.05. The first-order valence-electron chi connectivity index (χ1n) is 5.68. The molecule has 1 aliphatic carbocycles. The van der Waals surface area contributed by atoms with E-state index in [0.29, 0.717) is 11.6 Å². The highest BCUT2D eigenvalue weighted by atomic mass is 19.1. The van der Waals surface area contributed by atoms with Crippen LogP contribution >= 0.6 is 0 Å². The number of carboxylic acid groups (broad SMARTS) is 1. The van der Waals surface area contributed by atoms with E-state index < -0.39 is 11.5 Å². The van der Waals surface area contributed by atoms with E-state index in [1.54, 1.807) is 19.1 Å². The average molecular weight is 237 g/mol. The zero-order chi connectivity index (χ0) is 12.6. The van der Waals surface area contributed by atoms with E-state index in [1.807, 2.05) is 11.9 Å². The summed E-state index contributed by atoms with van der Waals surface area (Å²) in [5, 5.41) is 9.47. The number of hydrogen-bond donors (Lipinski definition) is 1. The first-order chi connectivity index (χ1) is 7.96. The summed E-state index contributed by atoms with van der Waals surface area (Å²) in [4.78, 5) is 13.4. The molecule has 0 aromatic heterocycles. The van der Waals surface area contributed by atoms with Crippen LogP contribution in [0, 0.1) is 5.82 Å². The van der Waals surface area contributed by atoms with Gasteiger partial charge in [-0.2, -0.15) is 0 Å². The van der Waals surface area contributed by atoms with Gasteiger partial charge in [0, 0.05) is 6.04 Å². The first-order valence-corrected chi connectivity index (χ1v) is 5.68. The zero-order valence-corrected chi connectivity index (χ0v) is 9.98. The minimum Gasteiger partial charge on any atom is -0.480 e. The Labute approximate surface area is 99.9 Å².